The number of rotatable bonds is 5. The van der Waals surface area contributed by atoms with Crippen molar-refractivity contribution in [1.82, 2.24) is 19.8 Å². The summed E-state index contributed by atoms with van der Waals surface area (Å²) >= 11 is 0. The van der Waals surface area contributed by atoms with Crippen LogP contribution in [0, 0.1) is 11.8 Å². The Morgan fingerprint density at radius 3 is 2.57 bits per heavy atom. The Morgan fingerprint density at radius 1 is 1.17 bits per heavy atom. The van der Waals surface area contributed by atoms with E-state index in [0.29, 0.717) is 25.6 Å². The summed E-state index contributed by atoms with van der Waals surface area (Å²) in [5, 5.41) is 0. The van der Waals surface area contributed by atoms with Crippen molar-refractivity contribution < 1.29 is 14.3 Å². The van der Waals surface area contributed by atoms with Gasteiger partial charge in [0.2, 0.25) is 11.8 Å². The molecule has 2 aliphatic heterocycles. The monoisotopic (exact) mass is 416 g/mol. The summed E-state index contributed by atoms with van der Waals surface area (Å²) in [5.41, 5.74) is 0.667. The maximum atomic E-state index is 12.7. The summed E-state index contributed by atoms with van der Waals surface area (Å²) < 4.78 is 4.94. The van der Waals surface area contributed by atoms with Gasteiger partial charge in [-0.1, -0.05) is 6.92 Å². The lowest BCUT2D eigenvalue weighted by atomic mass is 9.92. The number of aromatic amines is 1. The van der Waals surface area contributed by atoms with Crippen LogP contribution in [-0.2, 0) is 14.3 Å². The van der Waals surface area contributed by atoms with E-state index in [1.165, 1.54) is 7.11 Å². The highest BCUT2D eigenvalue weighted by Crippen LogP contribution is 2.40. The van der Waals surface area contributed by atoms with Crippen molar-refractivity contribution >= 4 is 11.8 Å². The average molecular weight is 417 g/mol. The molecule has 1 saturated carbocycles. The normalized spacial score (nSPS) is 27.2. The van der Waals surface area contributed by atoms with Crippen LogP contribution in [0.4, 0.5) is 0 Å². The number of piperidine rings is 2. The van der Waals surface area contributed by atoms with Crippen molar-refractivity contribution in [3.63, 3.8) is 0 Å². The highest BCUT2D eigenvalue weighted by molar-refractivity contribution is 5.81. The smallest absolute Gasteiger partial charge is 0.251 e. The Hall–Kier alpha value is -2.22. The molecule has 1 aliphatic carbocycles. The van der Waals surface area contributed by atoms with Gasteiger partial charge in [0.15, 0.2) is 0 Å². The minimum atomic E-state index is -0.132. The van der Waals surface area contributed by atoms with E-state index in [9.17, 15) is 14.4 Å². The third-order valence-electron chi connectivity index (χ3n) is 6.86. The third kappa shape index (κ3) is 4.58. The van der Waals surface area contributed by atoms with Gasteiger partial charge in [0.05, 0.1) is 5.69 Å². The first-order chi connectivity index (χ1) is 14.5. The first-order valence-corrected chi connectivity index (χ1v) is 11.1. The highest BCUT2D eigenvalue weighted by atomic mass is 16.5. The van der Waals surface area contributed by atoms with E-state index >= 15 is 0 Å². The topological polar surface area (TPSA) is 95.6 Å². The van der Waals surface area contributed by atoms with Gasteiger partial charge in [0.1, 0.15) is 12.4 Å². The average Bonchev–Trinajstić information content (AvgIpc) is 3.49. The first kappa shape index (κ1) is 21.0. The van der Waals surface area contributed by atoms with Crippen LogP contribution >= 0.6 is 0 Å². The van der Waals surface area contributed by atoms with E-state index in [0.717, 1.165) is 50.2 Å². The van der Waals surface area contributed by atoms with Gasteiger partial charge in [-0.3, -0.25) is 14.4 Å². The zero-order chi connectivity index (χ0) is 21.3. The molecule has 8 heteroatoms. The molecule has 0 spiro atoms. The Kier molecular flexibility index (Phi) is 6.22. The van der Waals surface area contributed by atoms with Crippen molar-refractivity contribution in [2.24, 2.45) is 11.8 Å². The molecule has 0 bridgehead atoms. The number of carbonyl (C=O) groups is 2. The number of methoxy groups -OCH3 is 1. The number of ether oxygens (including phenoxy) is 1. The van der Waals surface area contributed by atoms with Crippen LogP contribution in [0.1, 0.15) is 62.4 Å². The maximum absolute atomic E-state index is 12.7. The maximum Gasteiger partial charge on any atom is 0.251 e. The van der Waals surface area contributed by atoms with Crippen molar-refractivity contribution in [3.8, 4) is 0 Å². The molecule has 3 aliphatic rings. The molecule has 2 amide bonds. The molecule has 1 N–H and O–H groups in total. The van der Waals surface area contributed by atoms with Gasteiger partial charge in [-0.15, -0.1) is 0 Å². The van der Waals surface area contributed by atoms with Crippen molar-refractivity contribution in [2.45, 2.75) is 50.9 Å². The number of carbonyl (C=O) groups excluding carboxylic acids is 2. The number of likely N-dealkylation sites (tertiary alicyclic amines) is 2. The standard InChI is InChI=1S/C22H32N4O4/c1-14-10-17(14)22(29)26-7-3-4-16(12-26)18-11-19(27)24-21(23-18)15-5-8-25(9-6-15)20(28)13-30-2/h11,14-17H,3-10,12-13H2,1-2H3,(H,23,24,27)/t14-,16+,17-/m0/s1. The lowest BCUT2D eigenvalue weighted by Crippen LogP contribution is -2.41. The fourth-order valence-corrected chi connectivity index (χ4v) is 4.83. The van der Waals surface area contributed by atoms with Crippen LogP contribution in [0.3, 0.4) is 0 Å². The number of amides is 2. The highest BCUT2D eigenvalue weighted by Gasteiger charge is 2.42. The van der Waals surface area contributed by atoms with E-state index in [1.54, 1.807) is 6.07 Å². The van der Waals surface area contributed by atoms with E-state index in [1.807, 2.05) is 9.80 Å². The molecule has 3 atom stereocenters. The Bertz CT molecular complexity index is 846. The minimum Gasteiger partial charge on any atom is -0.375 e. The van der Waals surface area contributed by atoms with Gasteiger partial charge < -0.3 is 19.5 Å². The second-order valence-electron chi connectivity index (χ2n) is 9.09. The summed E-state index contributed by atoms with van der Waals surface area (Å²) in [6.45, 7) is 4.98. The molecule has 4 rings (SSSR count). The number of hydrogen-bond donors (Lipinski definition) is 1. The number of nitrogens with zero attached hydrogens (tertiary/aromatic N) is 3. The van der Waals surface area contributed by atoms with Gasteiger partial charge in [-0.2, -0.15) is 0 Å². The zero-order valence-corrected chi connectivity index (χ0v) is 17.9. The van der Waals surface area contributed by atoms with Crippen molar-refractivity contribution in [2.75, 3.05) is 39.9 Å². The molecule has 1 aromatic rings. The van der Waals surface area contributed by atoms with Crippen LogP contribution in [0.2, 0.25) is 0 Å². The molecule has 2 saturated heterocycles. The van der Waals surface area contributed by atoms with Crippen molar-refractivity contribution in [3.05, 3.63) is 27.9 Å². The summed E-state index contributed by atoms with van der Waals surface area (Å²) in [7, 11) is 1.52. The van der Waals surface area contributed by atoms with Crippen LogP contribution in [0.25, 0.3) is 0 Å². The molecular formula is C22H32N4O4. The number of hydrogen-bond acceptors (Lipinski definition) is 5. The Morgan fingerprint density at radius 2 is 1.90 bits per heavy atom. The van der Waals surface area contributed by atoms with E-state index in [-0.39, 0.29) is 41.7 Å². The van der Waals surface area contributed by atoms with Gasteiger partial charge in [-0.25, -0.2) is 4.98 Å². The molecule has 3 heterocycles. The molecule has 30 heavy (non-hydrogen) atoms. The molecule has 1 aromatic heterocycles. The SMILES string of the molecule is COCC(=O)N1CCC(c2nc([C@@H]3CCCN(C(=O)[C@H]4C[C@@H]4C)C3)cc(=O)[nH]2)CC1. The van der Waals surface area contributed by atoms with Crippen LogP contribution < -0.4 is 5.56 Å². The molecule has 0 unspecified atom stereocenters. The zero-order valence-electron chi connectivity index (χ0n) is 17.9. The van der Waals surface area contributed by atoms with E-state index < -0.39 is 0 Å². The lowest BCUT2D eigenvalue weighted by Gasteiger charge is -2.34. The molecule has 0 aromatic carbocycles. The largest absolute Gasteiger partial charge is 0.375 e. The number of nitrogens with one attached hydrogen (secondary N) is 1. The fourth-order valence-electron chi connectivity index (χ4n) is 4.83. The molecule has 0 radical (unpaired) electrons. The van der Waals surface area contributed by atoms with Crippen LogP contribution in [-0.4, -0.2) is 71.5 Å². The predicted octanol–water partition coefficient (Wildman–Crippen LogP) is 1.48. The first-order valence-electron chi connectivity index (χ1n) is 11.1. The van der Waals surface area contributed by atoms with Gasteiger partial charge in [0, 0.05) is 57.1 Å². The molecule has 3 fully saturated rings. The Labute approximate surface area is 177 Å². The summed E-state index contributed by atoms with van der Waals surface area (Å²) in [6.07, 6.45) is 4.44. The fraction of sp³-hybridized carbons (Fsp3) is 0.727. The minimum absolute atomic E-state index is 0.00287. The van der Waals surface area contributed by atoms with Gasteiger partial charge >= 0.3 is 0 Å². The van der Waals surface area contributed by atoms with E-state index in [4.69, 9.17) is 9.72 Å². The van der Waals surface area contributed by atoms with Crippen LogP contribution in [0.15, 0.2) is 10.9 Å². The second kappa shape index (κ2) is 8.88. The quantitative estimate of drug-likeness (QED) is 0.785. The summed E-state index contributed by atoms with van der Waals surface area (Å²) in [6, 6.07) is 1.60. The predicted molar refractivity (Wildman–Crippen MR) is 111 cm³/mol. The van der Waals surface area contributed by atoms with Gasteiger partial charge in [-0.05, 0) is 38.0 Å². The molecular weight excluding hydrogens is 384 g/mol. The van der Waals surface area contributed by atoms with Gasteiger partial charge in [0.25, 0.3) is 5.56 Å². The summed E-state index contributed by atoms with van der Waals surface area (Å²) in [4.78, 5) is 48.6. The number of H-pyrrole nitrogens is 1. The second-order valence-corrected chi connectivity index (χ2v) is 9.09. The van der Waals surface area contributed by atoms with Crippen molar-refractivity contribution in [1.29, 1.82) is 0 Å². The molecule has 164 valence electrons. The number of aromatic nitrogens is 2. The van der Waals surface area contributed by atoms with Crippen LogP contribution in [0.5, 0.6) is 0 Å². The third-order valence-corrected chi connectivity index (χ3v) is 6.86. The van der Waals surface area contributed by atoms with E-state index in [2.05, 4.69) is 11.9 Å². The molecule has 8 nitrogen and oxygen atoms in total. The summed E-state index contributed by atoms with van der Waals surface area (Å²) in [5.74, 6) is 1.93. The lowest BCUT2D eigenvalue weighted by molar-refractivity contribution is -0.136. The Balaban J connectivity index is 1.43.